The maximum absolute atomic E-state index is 3.64. The molecule has 1 rings (SSSR count). The third kappa shape index (κ3) is 3.97. The Morgan fingerprint density at radius 3 is 2.12 bits per heavy atom. The third-order valence-corrected chi connectivity index (χ3v) is 2.86. The molecule has 1 heteroatoms. The zero-order valence-corrected chi connectivity index (χ0v) is 11.1. The van der Waals surface area contributed by atoms with Crippen LogP contribution in [0.25, 0.3) is 0 Å². The zero-order valence-electron chi connectivity index (χ0n) is 11.1. The third-order valence-electron chi connectivity index (χ3n) is 2.86. The van der Waals surface area contributed by atoms with Crippen molar-refractivity contribution in [1.29, 1.82) is 0 Å². The standard InChI is InChI=1S/C15H25N/c1-5-7-15(16-8-6-2)14-10-12(3)9-13(4)11-14/h9-11,15-16H,5-8H2,1-4H3. The van der Waals surface area contributed by atoms with Gasteiger partial charge in [0.05, 0.1) is 0 Å². The van der Waals surface area contributed by atoms with E-state index in [0.717, 1.165) is 6.54 Å². The SMILES string of the molecule is CCCNC(CCC)c1cc(C)cc(C)c1. The highest BCUT2D eigenvalue weighted by molar-refractivity contribution is 5.30. The van der Waals surface area contributed by atoms with Crippen LogP contribution >= 0.6 is 0 Å². The van der Waals surface area contributed by atoms with Gasteiger partial charge in [-0.15, -0.1) is 0 Å². The lowest BCUT2D eigenvalue weighted by atomic mass is 9.98. The summed E-state index contributed by atoms with van der Waals surface area (Å²) in [5.41, 5.74) is 4.19. The first kappa shape index (κ1) is 13.2. The molecular formula is C15H25N. The molecule has 1 N–H and O–H groups in total. The van der Waals surface area contributed by atoms with Gasteiger partial charge in [0.15, 0.2) is 0 Å². The number of nitrogens with one attached hydrogen (secondary N) is 1. The van der Waals surface area contributed by atoms with Crippen LogP contribution in [-0.4, -0.2) is 6.54 Å². The topological polar surface area (TPSA) is 12.0 Å². The van der Waals surface area contributed by atoms with Crippen LogP contribution in [0.4, 0.5) is 0 Å². The molecule has 0 saturated heterocycles. The van der Waals surface area contributed by atoms with Gasteiger partial charge in [-0.1, -0.05) is 49.6 Å². The highest BCUT2D eigenvalue weighted by Gasteiger charge is 2.09. The van der Waals surface area contributed by atoms with Crippen LogP contribution in [0.1, 0.15) is 55.8 Å². The van der Waals surface area contributed by atoms with E-state index in [4.69, 9.17) is 0 Å². The Labute approximate surface area is 100 Å². The molecule has 0 saturated carbocycles. The van der Waals surface area contributed by atoms with Gasteiger partial charge in [-0.25, -0.2) is 0 Å². The summed E-state index contributed by atoms with van der Waals surface area (Å²) < 4.78 is 0. The van der Waals surface area contributed by atoms with Crippen molar-refractivity contribution in [3.63, 3.8) is 0 Å². The van der Waals surface area contributed by atoms with E-state index in [0.29, 0.717) is 6.04 Å². The van der Waals surface area contributed by atoms with E-state index in [9.17, 15) is 0 Å². The molecule has 1 atom stereocenters. The molecule has 1 nitrogen and oxygen atoms in total. The van der Waals surface area contributed by atoms with E-state index in [1.165, 1.54) is 36.0 Å². The van der Waals surface area contributed by atoms with E-state index in [2.05, 4.69) is 51.2 Å². The fourth-order valence-electron chi connectivity index (χ4n) is 2.20. The van der Waals surface area contributed by atoms with Crippen LogP contribution in [0.5, 0.6) is 0 Å². The van der Waals surface area contributed by atoms with E-state index >= 15 is 0 Å². The molecule has 0 amide bonds. The largest absolute Gasteiger partial charge is 0.310 e. The first-order valence-corrected chi connectivity index (χ1v) is 6.49. The molecule has 0 aliphatic heterocycles. The van der Waals surface area contributed by atoms with Gasteiger partial charge in [-0.3, -0.25) is 0 Å². The molecule has 1 aromatic rings. The van der Waals surface area contributed by atoms with Gasteiger partial charge in [0.2, 0.25) is 0 Å². The van der Waals surface area contributed by atoms with Crippen LogP contribution in [0.3, 0.4) is 0 Å². The number of hydrogen-bond acceptors (Lipinski definition) is 1. The van der Waals surface area contributed by atoms with E-state index in [1.807, 2.05) is 0 Å². The van der Waals surface area contributed by atoms with Crippen molar-refractivity contribution >= 4 is 0 Å². The Balaban J connectivity index is 2.82. The lowest BCUT2D eigenvalue weighted by molar-refractivity contribution is 0.493. The Morgan fingerprint density at radius 1 is 1.00 bits per heavy atom. The highest BCUT2D eigenvalue weighted by Crippen LogP contribution is 2.21. The summed E-state index contributed by atoms with van der Waals surface area (Å²) in [6.45, 7) is 9.94. The van der Waals surface area contributed by atoms with Gasteiger partial charge in [-0.05, 0) is 38.8 Å². The Morgan fingerprint density at radius 2 is 1.62 bits per heavy atom. The van der Waals surface area contributed by atoms with Gasteiger partial charge in [0.25, 0.3) is 0 Å². The second kappa shape index (κ2) is 6.70. The summed E-state index contributed by atoms with van der Waals surface area (Å²) in [5.74, 6) is 0. The van der Waals surface area contributed by atoms with Crippen molar-refractivity contribution in [3.05, 3.63) is 34.9 Å². The quantitative estimate of drug-likeness (QED) is 0.758. The molecule has 0 heterocycles. The second-order valence-electron chi connectivity index (χ2n) is 4.72. The summed E-state index contributed by atoms with van der Waals surface area (Å²) >= 11 is 0. The monoisotopic (exact) mass is 219 g/mol. The maximum atomic E-state index is 3.64. The van der Waals surface area contributed by atoms with Crippen molar-refractivity contribution in [2.45, 2.75) is 53.0 Å². The van der Waals surface area contributed by atoms with Gasteiger partial charge in [-0.2, -0.15) is 0 Å². The van der Waals surface area contributed by atoms with Crippen molar-refractivity contribution in [1.82, 2.24) is 5.32 Å². The molecule has 16 heavy (non-hydrogen) atoms. The van der Waals surface area contributed by atoms with Crippen LogP contribution in [-0.2, 0) is 0 Å². The van der Waals surface area contributed by atoms with E-state index in [1.54, 1.807) is 0 Å². The predicted octanol–water partition coefficient (Wildman–Crippen LogP) is 4.14. The molecule has 1 aromatic carbocycles. The van der Waals surface area contributed by atoms with E-state index in [-0.39, 0.29) is 0 Å². The lowest BCUT2D eigenvalue weighted by Gasteiger charge is -2.19. The minimum Gasteiger partial charge on any atom is -0.310 e. The minimum atomic E-state index is 0.531. The summed E-state index contributed by atoms with van der Waals surface area (Å²) in [4.78, 5) is 0. The molecule has 0 aromatic heterocycles. The van der Waals surface area contributed by atoms with Gasteiger partial charge >= 0.3 is 0 Å². The predicted molar refractivity (Wildman–Crippen MR) is 71.9 cm³/mol. The van der Waals surface area contributed by atoms with Crippen molar-refractivity contribution in [3.8, 4) is 0 Å². The molecule has 90 valence electrons. The smallest absolute Gasteiger partial charge is 0.0320 e. The molecule has 0 spiro atoms. The number of rotatable bonds is 6. The van der Waals surface area contributed by atoms with Gasteiger partial charge < -0.3 is 5.32 Å². The summed E-state index contributed by atoms with van der Waals surface area (Å²) in [6, 6.07) is 7.40. The van der Waals surface area contributed by atoms with Crippen molar-refractivity contribution in [2.24, 2.45) is 0 Å². The molecule has 0 bridgehead atoms. The fraction of sp³-hybridized carbons (Fsp3) is 0.600. The average Bonchev–Trinajstić information content (AvgIpc) is 2.22. The Hall–Kier alpha value is -0.820. The number of benzene rings is 1. The van der Waals surface area contributed by atoms with Crippen molar-refractivity contribution < 1.29 is 0 Å². The molecular weight excluding hydrogens is 194 g/mol. The van der Waals surface area contributed by atoms with Crippen LogP contribution < -0.4 is 5.32 Å². The summed E-state index contributed by atoms with van der Waals surface area (Å²) in [6.07, 6.45) is 3.66. The van der Waals surface area contributed by atoms with Crippen LogP contribution in [0.2, 0.25) is 0 Å². The van der Waals surface area contributed by atoms with Crippen LogP contribution in [0, 0.1) is 13.8 Å². The molecule has 0 fully saturated rings. The lowest BCUT2D eigenvalue weighted by Crippen LogP contribution is -2.22. The van der Waals surface area contributed by atoms with E-state index < -0.39 is 0 Å². The zero-order chi connectivity index (χ0) is 12.0. The highest BCUT2D eigenvalue weighted by atomic mass is 14.9. The first-order chi connectivity index (χ1) is 7.67. The van der Waals surface area contributed by atoms with Gasteiger partial charge in [0.1, 0.15) is 0 Å². The average molecular weight is 219 g/mol. The molecule has 0 aliphatic carbocycles. The number of hydrogen-bond donors (Lipinski definition) is 1. The normalized spacial score (nSPS) is 12.8. The fourth-order valence-corrected chi connectivity index (χ4v) is 2.20. The molecule has 0 radical (unpaired) electrons. The Kier molecular flexibility index (Phi) is 5.54. The van der Waals surface area contributed by atoms with Crippen molar-refractivity contribution in [2.75, 3.05) is 6.54 Å². The second-order valence-corrected chi connectivity index (χ2v) is 4.72. The van der Waals surface area contributed by atoms with Crippen LogP contribution in [0.15, 0.2) is 18.2 Å². The van der Waals surface area contributed by atoms with Gasteiger partial charge in [0, 0.05) is 6.04 Å². The molecule has 1 unspecified atom stereocenters. The summed E-state index contributed by atoms with van der Waals surface area (Å²) in [7, 11) is 0. The first-order valence-electron chi connectivity index (χ1n) is 6.49. The summed E-state index contributed by atoms with van der Waals surface area (Å²) in [5, 5.41) is 3.64. The molecule has 0 aliphatic rings. The number of aryl methyl sites for hydroxylation is 2. The minimum absolute atomic E-state index is 0.531. The maximum Gasteiger partial charge on any atom is 0.0320 e. The Bertz CT molecular complexity index is 297.